The van der Waals surface area contributed by atoms with E-state index in [1.165, 1.54) is 0 Å². The van der Waals surface area contributed by atoms with Gasteiger partial charge < -0.3 is 9.26 Å². The molecule has 0 spiro atoms. The van der Waals surface area contributed by atoms with E-state index in [0.717, 1.165) is 5.52 Å². The molecular formula is C14H11N3O3. The van der Waals surface area contributed by atoms with Gasteiger partial charge in [0, 0.05) is 18.5 Å². The predicted octanol–water partition coefficient (Wildman–Crippen LogP) is 2.28. The monoisotopic (exact) mass is 269 g/mol. The number of rotatable bonds is 3. The van der Waals surface area contributed by atoms with Gasteiger partial charge in [-0.3, -0.25) is 9.97 Å². The van der Waals surface area contributed by atoms with Gasteiger partial charge in [0.05, 0.1) is 16.6 Å². The Morgan fingerprint density at radius 1 is 1.20 bits per heavy atom. The second-order valence-electron chi connectivity index (χ2n) is 4.26. The van der Waals surface area contributed by atoms with E-state index in [9.17, 15) is 4.79 Å². The van der Waals surface area contributed by atoms with Crippen molar-refractivity contribution in [1.82, 2.24) is 15.1 Å². The first-order valence-electron chi connectivity index (χ1n) is 6.02. The number of benzene rings is 1. The molecule has 100 valence electrons. The van der Waals surface area contributed by atoms with E-state index >= 15 is 0 Å². The highest BCUT2D eigenvalue weighted by molar-refractivity contribution is 5.93. The highest BCUT2D eigenvalue weighted by Gasteiger charge is 2.10. The fraction of sp³-hybridized carbons (Fsp3) is 0.143. The summed E-state index contributed by atoms with van der Waals surface area (Å²) < 4.78 is 10.1. The smallest absolute Gasteiger partial charge is 0.338 e. The molecule has 3 rings (SSSR count). The second kappa shape index (κ2) is 5.08. The van der Waals surface area contributed by atoms with E-state index in [1.54, 1.807) is 43.6 Å². The van der Waals surface area contributed by atoms with Crippen LogP contribution in [-0.4, -0.2) is 21.1 Å². The number of ether oxygens (including phenoxy) is 1. The van der Waals surface area contributed by atoms with Gasteiger partial charge in [-0.2, -0.15) is 0 Å². The summed E-state index contributed by atoms with van der Waals surface area (Å²) in [4.78, 5) is 20.2. The average Bonchev–Trinajstić information content (AvgIpc) is 2.90. The zero-order valence-corrected chi connectivity index (χ0v) is 10.7. The zero-order valence-electron chi connectivity index (χ0n) is 10.7. The van der Waals surface area contributed by atoms with Crippen LogP contribution in [0.5, 0.6) is 0 Å². The third-order valence-corrected chi connectivity index (χ3v) is 2.73. The number of fused-ring (bicyclic) bond motifs is 1. The van der Waals surface area contributed by atoms with Crippen LogP contribution in [0.1, 0.15) is 21.8 Å². The Labute approximate surface area is 114 Å². The Hall–Kier alpha value is -2.76. The predicted molar refractivity (Wildman–Crippen MR) is 69.9 cm³/mol. The number of hydrogen-bond acceptors (Lipinski definition) is 6. The first kappa shape index (κ1) is 12.3. The largest absolute Gasteiger partial charge is 0.455 e. The first-order chi connectivity index (χ1) is 9.72. The SMILES string of the molecule is Cc1cc(COC(=O)c2ccc3nccnc3c2)no1. The van der Waals surface area contributed by atoms with Crippen LogP contribution in [0.3, 0.4) is 0 Å². The van der Waals surface area contributed by atoms with Crippen molar-refractivity contribution in [3.8, 4) is 0 Å². The maximum absolute atomic E-state index is 11.9. The average molecular weight is 269 g/mol. The third-order valence-electron chi connectivity index (χ3n) is 2.73. The van der Waals surface area contributed by atoms with Crippen LogP contribution < -0.4 is 0 Å². The molecule has 0 aliphatic rings. The maximum Gasteiger partial charge on any atom is 0.338 e. The molecule has 6 heteroatoms. The Balaban J connectivity index is 1.75. The van der Waals surface area contributed by atoms with E-state index in [4.69, 9.17) is 9.26 Å². The van der Waals surface area contributed by atoms with E-state index in [-0.39, 0.29) is 6.61 Å². The molecule has 0 radical (unpaired) electrons. The summed E-state index contributed by atoms with van der Waals surface area (Å²) in [6, 6.07) is 6.77. The standard InChI is InChI=1S/C14H11N3O3/c1-9-6-11(17-20-9)8-19-14(18)10-2-3-12-13(7-10)16-5-4-15-12/h2-7H,8H2,1H3. The highest BCUT2D eigenvalue weighted by Crippen LogP contribution is 2.13. The lowest BCUT2D eigenvalue weighted by atomic mass is 10.2. The van der Waals surface area contributed by atoms with E-state index in [1.807, 2.05) is 0 Å². The van der Waals surface area contributed by atoms with Crippen molar-refractivity contribution >= 4 is 17.0 Å². The molecule has 2 heterocycles. The molecule has 2 aromatic heterocycles. The lowest BCUT2D eigenvalue weighted by Gasteiger charge is -2.03. The van der Waals surface area contributed by atoms with Gasteiger partial charge in [0.15, 0.2) is 0 Å². The summed E-state index contributed by atoms with van der Waals surface area (Å²) >= 11 is 0. The topological polar surface area (TPSA) is 78.1 Å². The van der Waals surface area contributed by atoms with Gasteiger partial charge in [-0.05, 0) is 25.1 Å². The van der Waals surface area contributed by atoms with Crippen molar-refractivity contribution in [2.24, 2.45) is 0 Å². The molecule has 0 unspecified atom stereocenters. The molecule has 0 amide bonds. The van der Waals surface area contributed by atoms with Gasteiger partial charge in [0.2, 0.25) is 0 Å². The fourth-order valence-electron chi connectivity index (χ4n) is 1.80. The van der Waals surface area contributed by atoms with E-state index in [0.29, 0.717) is 22.5 Å². The molecule has 6 nitrogen and oxygen atoms in total. The molecule has 0 saturated heterocycles. The summed E-state index contributed by atoms with van der Waals surface area (Å²) in [5, 5.41) is 3.76. The fourth-order valence-corrected chi connectivity index (χ4v) is 1.80. The van der Waals surface area contributed by atoms with Gasteiger partial charge in [-0.15, -0.1) is 0 Å². The van der Waals surface area contributed by atoms with Crippen molar-refractivity contribution in [3.63, 3.8) is 0 Å². The summed E-state index contributed by atoms with van der Waals surface area (Å²) in [7, 11) is 0. The van der Waals surface area contributed by atoms with Crippen LogP contribution in [-0.2, 0) is 11.3 Å². The Morgan fingerprint density at radius 3 is 2.75 bits per heavy atom. The molecule has 20 heavy (non-hydrogen) atoms. The summed E-state index contributed by atoms with van der Waals surface area (Å²) in [5.41, 5.74) is 2.39. The van der Waals surface area contributed by atoms with Gasteiger partial charge >= 0.3 is 5.97 Å². The van der Waals surface area contributed by atoms with Gasteiger partial charge in [0.1, 0.15) is 18.1 Å². The quantitative estimate of drug-likeness (QED) is 0.679. The molecule has 3 aromatic rings. The highest BCUT2D eigenvalue weighted by atomic mass is 16.5. The minimum absolute atomic E-state index is 0.0781. The second-order valence-corrected chi connectivity index (χ2v) is 4.26. The van der Waals surface area contributed by atoms with Crippen molar-refractivity contribution in [3.05, 3.63) is 53.7 Å². The number of nitrogens with zero attached hydrogens (tertiary/aromatic N) is 3. The Morgan fingerprint density at radius 2 is 2.00 bits per heavy atom. The number of hydrogen-bond donors (Lipinski definition) is 0. The molecule has 0 bridgehead atoms. The van der Waals surface area contributed by atoms with Gasteiger partial charge in [-0.25, -0.2) is 4.79 Å². The minimum atomic E-state index is -0.432. The molecule has 0 saturated carbocycles. The number of aryl methyl sites for hydroxylation is 1. The van der Waals surface area contributed by atoms with Gasteiger partial charge in [-0.1, -0.05) is 5.16 Å². The Bertz CT molecular complexity index is 767. The summed E-state index contributed by atoms with van der Waals surface area (Å²) in [6.07, 6.45) is 3.18. The van der Waals surface area contributed by atoms with Crippen molar-refractivity contribution < 1.29 is 14.1 Å². The van der Waals surface area contributed by atoms with Gasteiger partial charge in [0.25, 0.3) is 0 Å². The van der Waals surface area contributed by atoms with Crippen LogP contribution in [0, 0.1) is 6.92 Å². The number of esters is 1. The Kier molecular flexibility index (Phi) is 3.12. The molecule has 0 atom stereocenters. The number of carbonyl (C=O) groups is 1. The van der Waals surface area contributed by atoms with Crippen LogP contribution in [0.15, 0.2) is 41.2 Å². The van der Waals surface area contributed by atoms with Crippen LogP contribution in [0.2, 0.25) is 0 Å². The first-order valence-corrected chi connectivity index (χ1v) is 6.02. The molecule has 0 N–H and O–H groups in total. The zero-order chi connectivity index (χ0) is 13.9. The van der Waals surface area contributed by atoms with E-state index in [2.05, 4.69) is 15.1 Å². The number of aromatic nitrogens is 3. The van der Waals surface area contributed by atoms with E-state index < -0.39 is 5.97 Å². The van der Waals surface area contributed by atoms with Crippen molar-refractivity contribution in [2.45, 2.75) is 13.5 Å². The van der Waals surface area contributed by atoms with Crippen LogP contribution in [0.4, 0.5) is 0 Å². The molecule has 1 aromatic carbocycles. The lowest BCUT2D eigenvalue weighted by Crippen LogP contribution is -2.05. The normalized spacial score (nSPS) is 10.7. The third kappa shape index (κ3) is 2.49. The summed E-state index contributed by atoms with van der Waals surface area (Å²) in [6.45, 7) is 1.86. The molecule has 0 fully saturated rings. The maximum atomic E-state index is 11.9. The van der Waals surface area contributed by atoms with Crippen LogP contribution in [0.25, 0.3) is 11.0 Å². The summed E-state index contributed by atoms with van der Waals surface area (Å²) in [5.74, 6) is 0.246. The molecule has 0 aliphatic heterocycles. The van der Waals surface area contributed by atoms with Crippen molar-refractivity contribution in [2.75, 3.05) is 0 Å². The van der Waals surface area contributed by atoms with Crippen LogP contribution >= 0.6 is 0 Å². The number of carbonyl (C=O) groups excluding carboxylic acids is 1. The van der Waals surface area contributed by atoms with Crippen molar-refractivity contribution in [1.29, 1.82) is 0 Å². The minimum Gasteiger partial charge on any atom is -0.455 e. The molecular weight excluding hydrogens is 258 g/mol. The lowest BCUT2D eigenvalue weighted by molar-refractivity contribution is 0.0464. The molecule has 0 aliphatic carbocycles.